The Balaban J connectivity index is 1.29. The predicted molar refractivity (Wildman–Crippen MR) is 127 cm³/mol. The molecule has 0 bridgehead atoms. The molecule has 0 spiro atoms. The Labute approximate surface area is 195 Å². The first-order valence-electron chi connectivity index (χ1n) is 10.4. The smallest absolute Gasteiger partial charge is 0.255 e. The van der Waals surface area contributed by atoms with Gasteiger partial charge in [0, 0.05) is 47.6 Å². The molecule has 0 aliphatic carbocycles. The van der Waals surface area contributed by atoms with Gasteiger partial charge in [-0.15, -0.1) is 0 Å². The molecule has 0 aromatic heterocycles. The maximum absolute atomic E-state index is 13.0. The van der Waals surface area contributed by atoms with Crippen molar-refractivity contribution in [1.29, 1.82) is 0 Å². The van der Waals surface area contributed by atoms with Crippen LogP contribution in [0, 0.1) is 5.82 Å². The molecule has 0 radical (unpaired) electrons. The molecule has 164 valence electrons. The minimum atomic E-state index is -0.298. The number of carbonyl (C=O) groups excluding carboxylic acids is 2. The Morgan fingerprint density at radius 3 is 2.25 bits per heavy atom. The maximum Gasteiger partial charge on any atom is 0.255 e. The number of amides is 2. The largest absolute Gasteiger partial charge is 0.368 e. The summed E-state index contributed by atoms with van der Waals surface area (Å²) in [4.78, 5) is 29.0. The van der Waals surface area contributed by atoms with Gasteiger partial charge in [0.05, 0.1) is 6.42 Å². The first-order chi connectivity index (χ1) is 15.5. The molecule has 3 aromatic carbocycles. The van der Waals surface area contributed by atoms with Gasteiger partial charge >= 0.3 is 0 Å². The summed E-state index contributed by atoms with van der Waals surface area (Å²) in [6.45, 7) is 2.75. The molecule has 4 rings (SSSR count). The van der Waals surface area contributed by atoms with Crippen LogP contribution in [-0.2, 0) is 11.2 Å². The van der Waals surface area contributed by atoms with Crippen molar-refractivity contribution >= 4 is 39.1 Å². The van der Waals surface area contributed by atoms with Gasteiger partial charge in [-0.05, 0) is 60.2 Å². The summed E-state index contributed by atoms with van der Waals surface area (Å²) in [6, 6.07) is 21.0. The summed E-state index contributed by atoms with van der Waals surface area (Å²) in [5.74, 6) is -0.400. The van der Waals surface area contributed by atoms with Crippen LogP contribution < -0.4 is 10.2 Å². The summed E-state index contributed by atoms with van der Waals surface area (Å²) in [7, 11) is 0. The van der Waals surface area contributed by atoms with Crippen molar-refractivity contribution in [2.45, 2.75) is 6.42 Å². The second-order valence-corrected chi connectivity index (χ2v) is 8.60. The zero-order chi connectivity index (χ0) is 22.5. The van der Waals surface area contributed by atoms with E-state index in [0.717, 1.165) is 34.5 Å². The highest BCUT2D eigenvalue weighted by Gasteiger charge is 2.21. The standard InChI is InChI=1S/C25H23BrFN3O2/c26-20-3-1-2-19(17-20)25(32)28-22-8-10-23(11-9-22)29-12-14-30(15-13-29)24(31)16-18-4-6-21(27)7-5-18/h1-11,17H,12-16H2,(H,28,32). The number of benzene rings is 3. The summed E-state index contributed by atoms with van der Waals surface area (Å²) in [6.07, 6.45) is 0.284. The number of hydrogen-bond acceptors (Lipinski definition) is 3. The molecule has 1 fully saturated rings. The van der Waals surface area contributed by atoms with Crippen molar-refractivity contribution in [1.82, 2.24) is 4.90 Å². The van der Waals surface area contributed by atoms with E-state index < -0.39 is 0 Å². The minimum absolute atomic E-state index is 0.0573. The molecular formula is C25H23BrFN3O2. The van der Waals surface area contributed by atoms with E-state index in [-0.39, 0.29) is 24.1 Å². The number of piperazine rings is 1. The van der Waals surface area contributed by atoms with E-state index >= 15 is 0 Å². The number of halogens is 2. The lowest BCUT2D eigenvalue weighted by molar-refractivity contribution is -0.130. The van der Waals surface area contributed by atoms with Crippen LogP contribution in [0.15, 0.2) is 77.3 Å². The lowest BCUT2D eigenvalue weighted by Crippen LogP contribution is -2.49. The second kappa shape index (κ2) is 9.96. The average Bonchev–Trinajstić information content (AvgIpc) is 2.81. The third-order valence-electron chi connectivity index (χ3n) is 5.48. The molecule has 7 heteroatoms. The molecule has 1 aliphatic heterocycles. The fourth-order valence-corrected chi connectivity index (χ4v) is 4.09. The Kier molecular flexibility index (Phi) is 6.85. The first kappa shape index (κ1) is 22.0. The minimum Gasteiger partial charge on any atom is -0.368 e. The Hall–Kier alpha value is -3.19. The first-order valence-corrected chi connectivity index (χ1v) is 11.2. The molecule has 1 saturated heterocycles. The van der Waals surface area contributed by atoms with Crippen molar-refractivity contribution < 1.29 is 14.0 Å². The molecule has 1 heterocycles. The molecule has 0 atom stereocenters. The van der Waals surface area contributed by atoms with Crippen LogP contribution in [0.2, 0.25) is 0 Å². The fourth-order valence-electron chi connectivity index (χ4n) is 3.69. The van der Waals surface area contributed by atoms with Gasteiger partial charge < -0.3 is 15.1 Å². The third kappa shape index (κ3) is 5.53. The Bertz CT molecular complexity index is 1090. The van der Waals surface area contributed by atoms with Gasteiger partial charge in [0.15, 0.2) is 0 Å². The number of nitrogens with zero attached hydrogens (tertiary/aromatic N) is 2. The Morgan fingerprint density at radius 1 is 0.906 bits per heavy atom. The van der Waals surface area contributed by atoms with Gasteiger partial charge in [-0.1, -0.05) is 34.1 Å². The number of rotatable bonds is 5. The quantitative estimate of drug-likeness (QED) is 0.556. The van der Waals surface area contributed by atoms with Crippen molar-refractivity contribution in [3.05, 3.63) is 94.2 Å². The van der Waals surface area contributed by atoms with Crippen LogP contribution in [-0.4, -0.2) is 42.9 Å². The van der Waals surface area contributed by atoms with Crippen LogP contribution in [0.1, 0.15) is 15.9 Å². The van der Waals surface area contributed by atoms with Crippen LogP contribution in [0.3, 0.4) is 0 Å². The van der Waals surface area contributed by atoms with Crippen molar-refractivity contribution in [3.63, 3.8) is 0 Å². The molecular weight excluding hydrogens is 473 g/mol. The molecule has 1 aliphatic rings. The van der Waals surface area contributed by atoms with E-state index in [1.54, 1.807) is 24.3 Å². The topological polar surface area (TPSA) is 52.7 Å². The van der Waals surface area contributed by atoms with Gasteiger partial charge in [-0.25, -0.2) is 4.39 Å². The van der Waals surface area contributed by atoms with Gasteiger partial charge in [0.2, 0.25) is 5.91 Å². The van der Waals surface area contributed by atoms with Crippen LogP contribution in [0.4, 0.5) is 15.8 Å². The predicted octanol–water partition coefficient (Wildman–Crippen LogP) is 4.73. The van der Waals surface area contributed by atoms with E-state index in [0.29, 0.717) is 18.7 Å². The summed E-state index contributed by atoms with van der Waals surface area (Å²) >= 11 is 3.38. The van der Waals surface area contributed by atoms with Gasteiger partial charge in [-0.3, -0.25) is 9.59 Å². The molecule has 2 amide bonds. The van der Waals surface area contributed by atoms with Crippen molar-refractivity contribution in [2.75, 3.05) is 36.4 Å². The Morgan fingerprint density at radius 2 is 1.59 bits per heavy atom. The summed E-state index contributed by atoms with van der Waals surface area (Å²) < 4.78 is 13.9. The fraction of sp³-hybridized carbons (Fsp3) is 0.200. The van der Waals surface area contributed by atoms with Crippen LogP contribution >= 0.6 is 15.9 Å². The monoisotopic (exact) mass is 495 g/mol. The highest BCUT2D eigenvalue weighted by atomic mass is 79.9. The number of carbonyl (C=O) groups is 2. The maximum atomic E-state index is 13.0. The number of hydrogen-bond donors (Lipinski definition) is 1. The lowest BCUT2D eigenvalue weighted by Gasteiger charge is -2.36. The van der Waals surface area contributed by atoms with Crippen molar-refractivity contribution in [2.24, 2.45) is 0 Å². The van der Waals surface area contributed by atoms with Gasteiger partial charge in [0.1, 0.15) is 5.82 Å². The second-order valence-electron chi connectivity index (χ2n) is 7.68. The summed E-state index contributed by atoms with van der Waals surface area (Å²) in [5, 5.41) is 2.91. The lowest BCUT2D eigenvalue weighted by atomic mass is 10.1. The van der Waals surface area contributed by atoms with Crippen LogP contribution in [0.25, 0.3) is 0 Å². The normalized spacial score (nSPS) is 13.7. The highest BCUT2D eigenvalue weighted by molar-refractivity contribution is 9.10. The van der Waals surface area contributed by atoms with E-state index in [2.05, 4.69) is 26.1 Å². The zero-order valence-electron chi connectivity index (χ0n) is 17.4. The van der Waals surface area contributed by atoms with E-state index in [9.17, 15) is 14.0 Å². The molecule has 0 unspecified atom stereocenters. The van der Waals surface area contributed by atoms with Gasteiger partial charge in [-0.2, -0.15) is 0 Å². The van der Waals surface area contributed by atoms with E-state index in [4.69, 9.17) is 0 Å². The highest BCUT2D eigenvalue weighted by Crippen LogP contribution is 2.21. The van der Waals surface area contributed by atoms with Crippen LogP contribution in [0.5, 0.6) is 0 Å². The zero-order valence-corrected chi connectivity index (χ0v) is 19.0. The van der Waals surface area contributed by atoms with Crippen molar-refractivity contribution in [3.8, 4) is 0 Å². The molecule has 1 N–H and O–H groups in total. The van der Waals surface area contributed by atoms with Gasteiger partial charge in [0.25, 0.3) is 5.91 Å². The van der Waals surface area contributed by atoms with E-state index in [1.165, 1.54) is 12.1 Å². The van der Waals surface area contributed by atoms with E-state index in [1.807, 2.05) is 41.3 Å². The molecule has 5 nitrogen and oxygen atoms in total. The number of nitrogens with one attached hydrogen (secondary N) is 1. The number of anilines is 2. The summed E-state index contributed by atoms with van der Waals surface area (Å²) in [5.41, 5.74) is 3.19. The molecule has 3 aromatic rings. The molecule has 32 heavy (non-hydrogen) atoms. The molecule has 0 saturated carbocycles. The third-order valence-corrected chi connectivity index (χ3v) is 5.97. The average molecular weight is 496 g/mol. The SMILES string of the molecule is O=C(Nc1ccc(N2CCN(C(=O)Cc3ccc(F)cc3)CC2)cc1)c1cccc(Br)c1.